The second-order valence-corrected chi connectivity index (χ2v) is 3.91. The molecule has 0 spiro atoms. The standard InChI is InChI=1S/C14H14N4O/c1-18-10-8-13(17-18)14(19)16-12-6-4-11(5-7-12)3-2-9-15/h4-8,10H,9,15H2,1H3,(H,16,19). The van der Waals surface area contributed by atoms with Crippen LogP contribution >= 0.6 is 0 Å². The van der Waals surface area contributed by atoms with E-state index in [0.29, 0.717) is 17.9 Å². The molecule has 0 saturated heterocycles. The zero-order valence-electron chi connectivity index (χ0n) is 10.6. The van der Waals surface area contributed by atoms with Crippen LogP contribution in [0.2, 0.25) is 0 Å². The van der Waals surface area contributed by atoms with Crippen LogP contribution < -0.4 is 11.1 Å². The van der Waals surface area contributed by atoms with Crippen molar-refractivity contribution in [3.63, 3.8) is 0 Å². The van der Waals surface area contributed by atoms with Crippen molar-refractivity contribution in [1.82, 2.24) is 9.78 Å². The van der Waals surface area contributed by atoms with Gasteiger partial charge in [0.1, 0.15) is 0 Å². The molecule has 0 unspecified atom stereocenters. The molecule has 0 fully saturated rings. The number of aryl methyl sites for hydroxylation is 1. The fourth-order valence-electron chi connectivity index (χ4n) is 1.52. The molecule has 3 N–H and O–H groups in total. The molecule has 0 aliphatic heterocycles. The predicted molar refractivity (Wildman–Crippen MR) is 73.5 cm³/mol. The maximum absolute atomic E-state index is 11.9. The molecule has 0 radical (unpaired) electrons. The summed E-state index contributed by atoms with van der Waals surface area (Å²) in [6.45, 7) is 0.332. The van der Waals surface area contributed by atoms with Gasteiger partial charge in [-0.2, -0.15) is 5.10 Å². The monoisotopic (exact) mass is 254 g/mol. The van der Waals surface area contributed by atoms with Crippen LogP contribution in [-0.4, -0.2) is 22.2 Å². The number of benzene rings is 1. The molecule has 0 atom stereocenters. The molecule has 2 aromatic rings. The van der Waals surface area contributed by atoms with Gasteiger partial charge in [0, 0.05) is 24.5 Å². The number of amides is 1. The van der Waals surface area contributed by atoms with Gasteiger partial charge >= 0.3 is 0 Å². The molecule has 0 aliphatic carbocycles. The number of hydrogen-bond acceptors (Lipinski definition) is 3. The normalized spacial score (nSPS) is 9.58. The van der Waals surface area contributed by atoms with E-state index in [1.807, 2.05) is 12.1 Å². The lowest BCUT2D eigenvalue weighted by molar-refractivity contribution is 0.102. The molecule has 0 saturated carbocycles. The minimum Gasteiger partial charge on any atom is -0.321 e. The highest BCUT2D eigenvalue weighted by atomic mass is 16.1. The fourth-order valence-corrected chi connectivity index (χ4v) is 1.52. The Kier molecular flexibility index (Phi) is 3.96. The first-order chi connectivity index (χ1) is 9.19. The van der Waals surface area contributed by atoms with Gasteiger partial charge in [-0.1, -0.05) is 11.8 Å². The largest absolute Gasteiger partial charge is 0.321 e. The molecule has 5 nitrogen and oxygen atoms in total. The van der Waals surface area contributed by atoms with E-state index >= 15 is 0 Å². The van der Waals surface area contributed by atoms with E-state index in [9.17, 15) is 4.79 Å². The maximum atomic E-state index is 11.9. The molecule has 1 heterocycles. The van der Waals surface area contributed by atoms with Gasteiger partial charge in [0.05, 0.1) is 6.54 Å². The zero-order valence-corrected chi connectivity index (χ0v) is 10.6. The number of nitrogens with one attached hydrogen (secondary N) is 1. The van der Waals surface area contributed by atoms with E-state index in [4.69, 9.17) is 5.73 Å². The molecule has 2 rings (SSSR count). The third-order valence-corrected chi connectivity index (χ3v) is 2.42. The summed E-state index contributed by atoms with van der Waals surface area (Å²) in [6, 6.07) is 8.91. The van der Waals surface area contributed by atoms with E-state index in [0.717, 1.165) is 5.56 Å². The Bertz CT molecular complexity index is 631. The van der Waals surface area contributed by atoms with E-state index in [2.05, 4.69) is 22.3 Å². The molecule has 1 amide bonds. The van der Waals surface area contributed by atoms with Gasteiger partial charge in [-0.25, -0.2) is 0 Å². The van der Waals surface area contributed by atoms with Crippen LogP contribution in [0.3, 0.4) is 0 Å². The lowest BCUT2D eigenvalue weighted by Gasteiger charge is -2.02. The van der Waals surface area contributed by atoms with Crippen molar-refractivity contribution >= 4 is 11.6 Å². The third-order valence-electron chi connectivity index (χ3n) is 2.42. The Morgan fingerprint density at radius 3 is 2.68 bits per heavy atom. The summed E-state index contributed by atoms with van der Waals surface area (Å²) in [6.07, 6.45) is 1.72. The van der Waals surface area contributed by atoms with Crippen molar-refractivity contribution in [2.45, 2.75) is 0 Å². The van der Waals surface area contributed by atoms with Crippen molar-refractivity contribution in [3.8, 4) is 11.8 Å². The first-order valence-corrected chi connectivity index (χ1v) is 5.79. The first-order valence-electron chi connectivity index (χ1n) is 5.79. The van der Waals surface area contributed by atoms with Gasteiger partial charge in [0.15, 0.2) is 5.69 Å². The summed E-state index contributed by atoms with van der Waals surface area (Å²) >= 11 is 0. The van der Waals surface area contributed by atoms with Crippen LogP contribution in [0.4, 0.5) is 5.69 Å². The number of aromatic nitrogens is 2. The molecule has 96 valence electrons. The fraction of sp³-hybridized carbons (Fsp3) is 0.143. The van der Waals surface area contributed by atoms with Gasteiger partial charge < -0.3 is 11.1 Å². The average molecular weight is 254 g/mol. The molecule has 19 heavy (non-hydrogen) atoms. The summed E-state index contributed by atoms with van der Waals surface area (Å²) in [5.74, 6) is 5.45. The number of nitrogens with two attached hydrogens (primary N) is 1. The second kappa shape index (κ2) is 5.85. The van der Waals surface area contributed by atoms with Crippen LogP contribution in [0.25, 0.3) is 0 Å². The summed E-state index contributed by atoms with van der Waals surface area (Å²) < 4.78 is 1.58. The highest BCUT2D eigenvalue weighted by Gasteiger charge is 2.08. The van der Waals surface area contributed by atoms with Gasteiger partial charge in [0.25, 0.3) is 5.91 Å². The Hall–Kier alpha value is -2.58. The van der Waals surface area contributed by atoms with E-state index < -0.39 is 0 Å². The number of carbonyl (C=O) groups excluding carboxylic acids is 1. The quantitative estimate of drug-likeness (QED) is 0.785. The van der Waals surface area contributed by atoms with Crippen LogP contribution in [0.15, 0.2) is 36.5 Å². The SMILES string of the molecule is Cn1ccc(C(=O)Nc2ccc(C#CCN)cc2)n1. The third kappa shape index (κ3) is 3.44. The topological polar surface area (TPSA) is 72.9 Å². The smallest absolute Gasteiger partial charge is 0.276 e. The second-order valence-electron chi connectivity index (χ2n) is 3.91. The molecule has 1 aromatic carbocycles. The Morgan fingerprint density at radius 1 is 1.37 bits per heavy atom. The summed E-state index contributed by atoms with van der Waals surface area (Å²) in [5.41, 5.74) is 7.25. The highest BCUT2D eigenvalue weighted by molar-refractivity contribution is 6.02. The lowest BCUT2D eigenvalue weighted by atomic mass is 10.2. The molecule has 0 bridgehead atoms. The van der Waals surface area contributed by atoms with Crippen LogP contribution in [-0.2, 0) is 7.05 Å². The van der Waals surface area contributed by atoms with Crippen molar-refractivity contribution in [2.75, 3.05) is 11.9 Å². The first kappa shape index (κ1) is 12.9. The van der Waals surface area contributed by atoms with E-state index in [1.54, 1.807) is 36.1 Å². The van der Waals surface area contributed by atoms with Crippen molar-refractivity contribution < 1.29 is 4.79 Å². The van der Waals surface area contributed by atoms with Crippen LogP contribution in [0, 0.1) is 11.8 Å². The van der Waals surface area contributed by atoms with Crippen LogP contribution in [0.5, 0.6) is 0 Å². The van der Waals surface area contributed by atoms with Gasteiger partial charge in [-0.05, 0) is 30.3 Å². The minimum atomic E-state index is -0.235. The molecule has 1 aromatic heterocycles. The molecule has 0 aliphatic rings. The summed E-state index contributed by atoms with van der Waals surface area (Å²) in [5, 5.41) is 6.80. The summed E-state index contributed by atoms with van der Waals surface area (Å²) in [7, 11) is 1.77. The Labute approximate surface area is 111 Å². The van der Waals surface area contributed by atoms with Crippen molar-refractivity contribution in [2.24, 2.45) is 12.8 Å². The van der Waals surface area contributed by atoms with Crippen molar-refractivity contribution in [1.29, 1.82) is 0 Å². The number of hydrogen-bond donors (Lipinski definition) is 2. The molecular weight excluding hydrogens is 240 g/mol. The minimum absolute atomic E-state index is 0.235. The van der Waals surface area contributed by atoms with Gasteiger partial charge in [-0.15, -0.1) is 0 Å². The van der Waals surface area contributed by atoms with Gasteiger partial charge in [0.2, 0.25) is 0 Å². The summed E-state index contributed by atoms with van der Waals surface area (Å²) in [4.78, 5) is 11.9. The Balaban J connectivity index is 2.05. The number of rotatable bonds is 2. The van der Waals surface area contributed by atoms with E-state index in [-0.39, 0.29) is 5.91 Å². The maximum Gasteiger partial charge on any atom is 0.276 e. The molecule has 5 heteroatoms. The lowest BCUT2D eigenvalue weighted by Crippen LogP contribution is -2.12. The number of carbonyl (C=O) groups is 1. The zero-order chi connectivity index (χ0) is 13.7. The number of nitrogens with zero attached hydrogens (tertiary/aromatic N) is 2. The van der Waals surface area contributed by atoms with E-state index in [1.165, 1.54) is 0 Å². The number of anilines is 1. The predicted octanol–water partition coefficient (Wildman–Crippen LogP) is 0.983. The average Bonchev–Trinajstić information content (AvgIpc) is 2.85. The van der Waals surface area contributed by atoms with Crippen molar-refractivity contribution in [3.05, 3.63) is 47.8 Å². The Morgan fingerprint density at radius 2 is 2.11 bits per heavy atom. The van der Waals surface area contributed by atoms with Gasteiger partial charge in [-0.3, -0.25) is 9.48 Å². The van der Waals surface area contributed by atoms with Crippen LogP contribution in [0.1, 0.15) is 16.1 Å². The highest BCUT2D eigenvalue weighted by Crippen LogP contribution is 2.10. The molecular formula is C14H14N4O.